The lowest BCUT2D eigenvalue weighted by Gasteiger charge is -2.26. The van der Waals surface area contributed by atoms with E-state index >= 15 is 0 Å². The van der Waals surface area contributed by atoms with Gasteiger partial charge in [0.25, 0.3) is 5.91 Å². The molecule has 6 rings (SSSR count). The average molecular weight is 683 g/mol. The maximum Gasteiger partial charge on any atom is 0.417 e. The standard InChI is InChI=1S/C40H34N4O7/c1-50-29-18-12-17-28(23-29)31(24-35(45)44-34(25-51-40(44)49)26-13-4-2-5-14-26)37(39(47)48)43-36(27-15-6-3-7-16-27)30-19-8-9-20-32(30)42-38(46)33-21-10-11-22-41-33/h2-23,31,34,37H,24-25H2,1H3,(H,42,46)(H,47,48)/t31-,34+,37-/m1/s1. The average Bonchev–Trinajstić information content (AvgIpc) is 3.57. The first-order valence-corrected chi connectivity index (χ1v) is 16.2. The number of hydrogen-bond donors (Lipinski definition) is 2. The van der Waals surface area contributed by atoms with Crippen molar-refractivity contribution in [1.82, 2.24) is 9.88 Å². The van der Waals surface area contributed by atoms with Crippen molar-refractivity contribution in [3.8, 4) is 5.75 Å². The number of methoxy groups -OCH3 is 1. The van der Waals surface area contributed by atoms with Crippen LogP contribution >= 0.6 is 0 Å². The molecule has 256 valence electrons. The molecule has 11 nitrogen and oxygen atoms in total. The van der Waals surface area contributed by atoms with Gasteiger partial charge >= 0.3 is 12.1 Å². The summed E-state index contributed by atoms with van der Waals surface area (Å²) in [5, 5.41) is 13.8. The van der Waals surface area contributed by atoms with Crippen molar-refractivity contribution >= 4 is 35.3 Å². The first-order valence-electron chi connectivity index (χ1n) is 16.2. The van der Waals surface area contributed by atoms with Gasteiger partial charge in [0.1, 0.15) is 24.1 Å². The summed E-state index contributed by atoms with van der Waals surface area (Å²) in [5.41, 5.74) is 3.03. The summed E-state index contributed by atoms with van der Waals surface area (Å²) in [7, 11) is 1.49. The predicted octanol–water partition coefficient (Wildman–Crippen LogP) is 6.53. The summed E-state index contributed by atoms with van der Waals surface area (Å²) in [4.78, 5) is 63.7. The minimum Gasteiger partial charge on any atom is -0.497 e. The third kappa shape index (κ3) is 7.83. The quantitative estimate of drug-likeness (QED) is 0.141. The maximum absolute atomic E-state index is 14.1. The number of nitrogens with zero attached hydrogens (tertiary/aromatic N) is 3. The van der Waals surface area contributed by atoms with Crippen molar-refractivity contribution in [2.75, 3.05) is 19.0 Å². The summed E-state index contributed by atoms with van der Waals surface area (Å²) < 4.78 is 10.8. The van der Waals surface area contributed by atoms with Gasteiger partial charge in [-0.25, -0.2) is 14.5 Å². The van der Waals surface area contributed by atoms with E-state index in [4.69, 9.17) is 14.5 Å². The number of aliphatic imine (C=N–C) groups is 1. The molecular weight excluding hydrogens is 648 g/mol. The zero-order chi connectivity index (χ0) is 35.7. The molecular formula is C40H34N4O7. The van der Waals surface area contributed by atoms with Gasteiger partial charge in [-0.1, -0.05) is 97.1 Å². The summed E-state index contributed by atoms with van der Waals surface area (Å²) in [6.45, 7) is -0.0297. The molecule has 1 aromatic heterocycles. The number of ether oxygens (including phenoxy) is 2. The highest BCUT2D eigenvalue weighted by Gasteiger charge is 2.42. The minimum absolute atomic E-state index is 0.0297. The number of benzene rings is 4. The molecule has 1 aliphatic rings. The number of amides is 3. The van der Waals surface area contributed by atoms with Crippen molar-refractivity contribution in [3.05, 3.63) is 162 Å². The fourth-order valence-corrected chi connectivity index (χ4v) is 6.02. The number of carbonyl (C=O) groups is 4. The van der Waals surface area contributed by atoms with Crippen LogP contribution in [0.15, 0.2) is 139 Å². The third-order valence-electron chi connectivity index (χ3n) is 8.52. The zero-order valence-electron chi connectivity index (χ0n) is 27.6. The van der Waals surface area contributed by atoms with Crippen LogP contribution in [0, 0.1) is 0 Å². The van der Waals surface area contributed by atoms with Crippen molar-refractivity contribution in [1.29, 1.82) is 0 Å². The lowest BCUT2D eigenvalue weighted by molar-refractivity contribution is -0.139. The number of anilines is 1. The molecule has 0 unspecified atom stereocenters. The highest BCUT2D eigenvalue weighted by Crippen LogP contribution is 2.35. The largest absolute Gasteiger partial charge is 0.497 e. The Morgan fingerprint density at radius 3 is 2.33 bits per heavy atom. The number of cyclic esters (lactones) is 1. The van der Waals surface area contributed by atoms with E-state index in [1.54, 1.807) is 115 Å². The Labute approximate surface area is 294 Å². The van der Waals surface area contributed by atoms with Gasteiger partial charge in [0.15, 0.2) is 6.04 Å². The number of carbonyl (C=O) groups excluding carboxylic acids is 3. The highest BCUT2D eigenvalue weighted by molar-refractivity contribution is 6.18. The molecule has 0 saturated carbocycles. The van der Waals surface area contributed by atoms with Crippen molar-refractivity contribution in [3.63, 3.8) is 0 Å². The molecule has 5 aromatic rings. The monoisotopic (exact) mass is 682 g/mol. The molecule has 0 aliphatic carbocycles. The van der Waals surface area contributed by atoms with Crippen LogP contribution in [0.4, 0.5) is 10.5 Å². The molecule has 0 spiro atoms. The Bertz CT molecular complexity index is 2060. The highest BCUT2D eigenvalue weighted by atomic mass is 16.6. The van der Waals surface area contributed by atoms with Crippen LogP contribution in [0.1, 0.15) is 51.1 Å². The fourth-order valence-electron chi connectivity index (χ4n) is 6.02. The smallest absolute Gasteiger partial charge is 0.417 e. The van der Waals surface area contributed by atoms with Crippen molar-refractivity contribution < 1.29 is 33.8 Å². The van der Waals surface area contributed by atoms with E-state index in [0.717, 1.165) is 4.90 Å². The number of carboxylic acids is 1. The second-order valence-corrected chi connectivity index (χ2v) is 11.7. The van der Waals surface area contributed by atoms with Crippen LogP contribution in [0.2, 0.25) is 0 Å². The molecule has 2 N–H and O–H groups in total. The Morgan fingerprint density at radius 1 is 0.922 bits per heavy atom. The molecule has 11 heteroatoms. The van der Waals surface area contributed by atoms with Gasteiger partial charge in [-0.15, -0.1) is 0 Å². The van der Waals surface area contributed by atoms with Gasteiger partial charge in [0, 0.05) is 29.7 Å². The van der Waals surface area contributed by atoms with Crippen LogP contribution < -0.4 is 10.1 Å². The van der Waals surface area contributed by atoms with E-state index in [9.17, 15) is 24.3 Å². The molecule has 1 fully saturated rings. The van der Waals surface area contributed by atoms with Gasteiger partial charge < -0.3 is 19.9 Å². The lowest BCUT2D eigenvalue weighted by Crippen LogP contribution is -2.38. The normalized spacial score (nSPS) is 15.4. The second kappa shape index (κ2) is 15.7. The van der Waals surface area contributed by atoms with E-state index in [0.29, 0.717) is 33.7 Å². The number of imide groups is 1. The van der Waals surface area contributed by atoms with E-state index in [1.807, 2.05) is 12.1 Å². The number of rotatable bonds is 12. The van der Waals surface area contributed by atoms with Crippen LogP contribution in [0.3, 0.4) is 0 Å². The number of nitrogens with one attached hydrogen (secondary N) is 1. The summed E-state index contributed by atoms with van der Waals surface area (Å²) in [6.07, 6.45) is 0.307. The van der Waals surface area contributed by atoms with Gasteiger partial charge in [-0.2, -0.15) is 0 Å². The number of pyridine rings is 1. The molecule has 3 amide bonds. The zero-order valence-corrected chi connectivity index (χ0v) is 27.6. The Hall–Kier alpha value is -6.62. The number of hydrogen-bond acceptors (Lipinski definition) is 8. The Morgan fingerprint density at radius 2 is 1.63 bits per heavy atom. The van der Waals surface area contributed by atoms with E-state index in [1.165, 1.54) is 13.3 Å². The van der Waals surface area contributed by atoms with Crippen LogP contribution in [0.5, 0.6) is 5.75 Å². The van der Waals surface area contributed by atoms with Gasteiger partial charge in [-0.3, -0.25) is 19.6 Å². The minimum atomic E-state index is -1.54. The molecule has 4 aromatic carbocycles. The first-order chi connectivity index (χ1) is 24.8. The van der Waals surface area contributed by atoms with E-state index < -0.39 is 48.3 Å². The molecule has 1 saturated heterocycles. The molecule has 51 heavy (non-hydrogen) atoms. The Balaban J connectivity index is 1.45. The van der Waals surface area contributed by atoms with E-state index in [-0.39, 0.29) is 18.0 Å². The Kier molecular flexibility index (Phi) is 10.6. The number of carboxylic acid groups (broad SMARTS) is 1. The number of aromatic nitrogens is 1. The summed E-state index contributed by atoms with van der Waals surface area (Å²) in [6, 6.07) is 34.5. The first kappa shape index (κ1) is 34.3. The summed E-state index contributed by atoms with van der Waals surface area (Å²) in [5.74, 6) is -3.00. The van der Waals surface area contributed by atoms with Gasteiger partial charge in [-0.05, 0) is 41.5 Å². The van der Waals surface area contributed by atoms with Crippen molar-refractivity contribution in [2.24, 2.45) is 4.99 Å². The van der Waals surface area contributed by atoms with Crippen molar-refractivity contribution in [2.45, 2.75) is 24.4 Å². The predicted molar refractivity (Wildman–Crippen MR) is 190 cm³/mol. The summed E-state index contributed by atoms with van der Waals surface area (Å²) >= 11 is 0. The lowest BCUT2D eigenvalue weighted by atomic mass is 9.87. The van der Waals surface area contributed by atoms with E-state index in [2.05, 4.69) is 10.3 Å². The molecule has 1 aliphatic heterocycles. The van der Waals surface area contributed by atoms with Gasteiger partial charge in [0.2, 0.25) is 5.91 Å². The molecule has 2 heterocycles. The third-order valence-corrected chi connectivity index (χ3v) is 8.52. The molecule has 3 atom stereocenters. The second-order valence-electron chi connectivity index (χ2n) is 11.7. The van der Waals surface area contributed by atoms with Gasteiger partial charge in [0.05, 0.1) is 18.5 Å². The molecule has 0 radical (unpaired) electrons. The fraction of sp³-hybridized carbons (Fsp3) is 0.150. The maximum atomic E-state index is 14.1. The van der Waals surface area contributed by atoms with Crippen LogP contribution in [-0.4, -0.2) is 64.3 Å². The topological polar surface area (TPSA) is 147 Å². The number of para-hydroxylation sites is 1. The molecule has 0 bridgehead atoms. The van der Waals surface area contributed by atoms with Crippen LogP contribution in [0.25, 0.3) is 0 Å². The SMILES string of the molecule is COc1cccc([C@@H](CC(=O)N2C(=O)OC[C@H]2c2ccccc2)[C@@H](N=C(c2ccccc2)c2ccccc2NC(=O)c2ccccn2)C(=O)O)c1. The number of aliphatic carboxylic acids is 1. The van der Waals surface area contributed by atoms with Crippen LogP contribution in [-0.2, 0) is 14.3 Å².